The lowest BCUT2D eigenvalue weighted by molar-refractivity contribution is 0.556. The molecule has 0 saturated carbocycles. The van der Waals surface area contributed by atoms with Crippen LogP contribution < -0.4 is 0 Å². The maximum Gasteiger partial charge on any atom is 0.162 e. The number of hydrogen-bond acceptors (Lipinski definition) is 2. The predicted octanol–water partition coefficient (Wildman–Crippen LogP) is 11.6. The molecule has 0 amide bonds. The minimum atomic E-state index is 0.504. The molecule has 4 heteroatoms. The van der Waals surface area contributed by atoms with Gasteiger partial charge >= 0.3 is 0 Å². The molecule has 0 spiro atoms. The molecule has 1 heterocycles. The summed E-state index contributed by atoms with van der Waals surface area (Å²) in [5.74, 6) is 0.621. The molecular weight excluding hydrogens is 483 g/mol. The Bertz CT molecular complexity index is 796. The molecule has 36 heavy (non-hydrogen) atoms. The minimum Gasteiger partial charge on any atom is -0.216 e. The summed E-state index contributed by atoms with van der Waals surface area (Å²) in [5.41, 5.74) is 3.25. The summed E-state index contributed by atoms with van der Waals surface area (Å²) in [7, 11) is 0. The highest BCUT2D eigenvalue weighted by atomic mass is 35.5. The Hall–Kier alpha value is -1.12. The Balaban J connectivity index is 1.70. The fourth-order valence-corrected chi connectivity index (χ4v) is 5.42. The fourth-order valence-electron chi connectivity index (χ4n) is 4.84. The Morgan fingerprint density at radius 1 is 0.500 bits per heavy atom. The van der Waals surface area contributed by atoms with Gasteiger partial charge in [0.1, 0.15) is 10.3 Å². The second-order valence-electron chi connectivity index (χ2n) is 10.5. The van der Waals surface area contributed by atoms with Crippen molar-refractivity contribution in [3.8, 4) is 11.4 Å². The van der Waals surface area contributed by atoms with Crippen LogP contribution in [0.5, 0.6) is 0 Å². The average Bonchev–Trinajstić information content (AvgIpc) is 2.88. The number of hydrogen-bond donors (Lipinski definition) is 0. The third kappa shape index (κ3) is 12.9. The van der Waals surface area contributed by atoms with Gasteiger partial charge in [0.15, 0.2) is 5.82 Å². The van der Waals surface area contributed by atoms with Crippen LogP contribution in [0.1, 0.15) is 141 Å². The van der Waals surface area contributed by atoms with E-state index in [4.69, 9.17) is 23.2 Å². The Kier molecular flexibility index (Phi) is 17.2. The van der Waals surface area contributed by atoms with Crippen molar-refractivity contribution in [2.24, 2.45) is 0 Å². The van der Waals surface area contributed by atoms with Crippen LogP contribution in [0.25, 0.3) is 11.4 Å². The van der Waals surface area contributed by atoms with Gasteiger partial charge in [0, 0.05) is 11.1 Å². The van der Waals surface area contributed by atoms with Crippen LogP contribution in [0, 0.1) is 0 Å². The maximum atomic E-state index is 6.54. The molecule has 0 saturated heterocycles. The van der Waals surface area contributed by atoms with Crippen molar-refractivity contribution in [1.82, 2.24) is 9.97 Å². The molecule has 0 aliphatic rings. The van der Waals surface area contributed by atoms with E-state index in [0.717, 1.165) is 30.4 Å². The SMILES string of the molecule is CCCCCCCCCCCCc1c(Cl)nc(-c2ccc(CCCCCCCCCC)cc2)nc1Cl. The van der Waals surface area contributed by atoms with Crippen LogP contribution in [0.4, 0.5) is 0 Å². The van der Waals surface area contributed by atoms with Gasteiger partial charge in [0.05, 0.1) is 0 Å². The zero-order valence-electron chi connectivity index (χ0n) is 23.1. The van der Waals surface area contributed by atoms with Gasteiger partial charge in [-0.2, -0.15) is 0 Å². The van der Waals surface area contributed by atoms with Crippen LogP contribution in [0.3, 0.4) is 0 Å². The number of aryl methyl sites for hydroxylation is 1. The van der Waals surface area contributed by atoms with E-state index in [1.165, 1.54) is 115 Å². The third-order valence-electron chi connectivity index (χ3n) is 7.22. The van der Waals surface area contributed by atoms with E-state index in [-0.39, 0.29) is 0 Å². The smallest absolute Gasteiger partial charge is 0.162 e. The van der Waals surface area contributed by atoms with Gasteiger partial charge in [-0.1, -0.05) is 164 Å². The van der Waals surface area contributed by atoms with E-state index in [0.29, 0.717) is 16.1 Å². The van der Waals surface area contributed by atoms with E-state index in [1.54, 1.807) is 0 Å². The first-order valence-corrected chi connectivity index (χ1v) is 15.7. The van der Waals surface area contributed by atoms with Gasteiger partial charge in [-0.05, 0) is 31.2 Å². The molecular formula is C32H50Cl2N2. The number of halogens is 2. The Morgan fingerprint density at radius 3 is 1.33 bits per heavy atom. The number of aromatic nitrogens is 2. The highest BCUT2D eigenvalue weighted by Gasteiger charge is 2.13. The molecule has 1 aromatic heterocycles. The summed E-state index contributed by atoms with van der Waals surface area (Å²) in [6.45, 7) is 4.54. The van der Waals surface area contributed by atoms with Crippen LogP contribution in [-0.4, -0.2) is 9.97 Å². The van der Waals surface area contributed by atoms with E-state index in [9.17, 15) is 0 Å². The number of unbranched alkanes of at least 4 members (excludes halogenated alkanes) is 16. The van der Waals surface area contributed by atoms with E-state index in [2.05, 4.69) is 48.1 Å². The van der Waals surface area contributed by atoms with Crippen LogP contribution >= 0.6 is 23.2 Å². The van der Waals surface area contributed by atoms with Crippen molar-refractivity contribution in [2.75, 3.05) is 0 Å². The van der Waals surface area contributed by atoms with Gasteiger partial charge < -0.3 is 0 Å². The molecule has 0 N–H and O–H groups in total. The number of rotatable bonds is 21. The fraction of sp³-hybridized carbons (Fsp3) is 0.688. The van der Waals surface area contributed by atoms with Crippen molar-refractivity contribution in [1.29, 1.82) is 0 Å². The summed E-state index contributed by atoms with van der Waals surface area (Å²) < 4.78 is 0. The van der Waals surface area contributed by atoms with Crippen LogP contribution in [0.15, 0.2) is 24.3 Å². The molecule has 0 fully saturated rings. The summed E-state index contributed by atoms with van der Waals surface area (Å²) >= 11 is 13.1. The number of nitrogens with zero attached hydrogens (tertiary/aromatic N) is 2. The lowest BCUT2D eigenvalue weighted by Crippen LogP contribution is -1.98. The normalized spacial score (nSPS) is 11.3. The van der Waals surface area contributed by atoms with Crippen molar-refractivity contribution >= 4 is 23.2 Å². The Morgan fingerprint density at radius 2 is 0.889 bits per heavy atom. The quantitative estimate of drug-likeness (QED) is 0.118. The van der Waals surface area contributed by atoms with Gasteiger partial charge in [-0.3, -0.25) is 0 Å². The first-order valence-electron chi connectivity index (χ1n) is 15.0. The largest absolute Gasteiger partial charge is 0.216 e. The van der Waals surface area contributed by atoms with Gasteiger partial charge in [-0.25, -0.2) is 9.97 Å². The first kappa shape index (κ1) is 31.1. The van der Waals surface area contributed by atoms with Crippen molar-refractivity contribution in [3.05, 3.63) is 45.7 Å². The first-order chi connectivity index (χ1) is 17.7. The Labute approximate surface area is 232 Å². The number of benzene rings is 1. The molecule has 0 unspecified atom stereocenters. The maximum absolute atomic E-state index is 6.54. The summed E-state index contributed by atoms with van der Waals surface area (Å²) in [6, 6.07) is 8.59. The molecule has 0 radical (unpaired) electrons. The van der Waals surface area contributed by atoms with Crippen molar-refractivity contribution < 1.29 is 0 Å². The molecule has 1 aromatic carbocycles. The standard InChI is InChI=1S/C32H50Cl2N2/c1-3-5-7-9-11-13-14-16-18-20-22-29-30(33)35-32(36-31(29)34)28-25-23-27(24-26-28)21-19-17-15-12-10-8-6-4-2/h23-26H,3-22H2,1-2H3. The van der Waals surface area contributed by atoms with E-state index < -0.39 is 0 Å². The van der Waals surface area contributed by atoms with Crippen LogP contribution in [-0.2, 0) is 12.8 Å². The molecule has 2 rings (SSSR count). The van der Waals surface area contributed by atoms with Crippen LogP contribution in [0.2, 0.25) is 10.3 Å². The molecule has 0 aliphatic heterocycles. The van der Waals surface area contributed by atoms with Gasteiger partial charge in [-0.15, -0.1) is 0 Å². The van der Waals surface area contributed by atoms with Gasteiger partial charge in [0.2, 0.25) is 0 Å². The molecule has 2 aromatic rings. The van der Waals surface area contributed by atoms with Crippen molar-refractivity contribution in [3.63, 3.8) is 0 Å². The van der Waals surface area contributed by atoms with Gasteiger partial charge in [0.25, 0.3) is 0 Å². The van der Waals surface area contributed by atoms with Crippen molar-refractivity contribution in [2.45, 2.75) is 142 Å². The zero-order valence-corrected chi connectivity index (χ0v) is 24.6. The molecule has 0 bridgehead atoms. The molecule has 0 atom stereocenters. The molecule has 202 valence electrons. The summed E-state index contributed by atoms with van der Waals surface area (Å²) in [5, 5.41) is 1.01. The second-order valence-corrected chi connectivity index (χ2v) is 11.2. The molecule has 0 aliphatic carbocycles. The zero-order chi connectivity index (χ0) is 25.8. The second kappa shape index (κ2) is 19.9. The summed E-state index contributed by atoms with van der Waals surface area (Å²) in [6.07, 6.45) is 26.0. The minimum absolute atomic E-state index is 0.504. The topological polar surface area (TPSA) is 25.8 Å². The summed E-state index contributed by atoms with van der Waals surface area (Å²) in [4.78, 5) is 9.17. The van der Waals surface area contributed by atoms with E-state index >= 15 is 0 Å². The highest BCUT2D eigenvalue weighted by Crippen LogP contribution is 2.28. The lowest BCUT2D eigenvalue weighted by atomic mass is 10.0. The average molecular weight is 534 g/mol. The third-order valence-corrected chi connectivity index (χ3v) is 7.84. The monoisotopic (exact) mass is 532 g/mol. The highest BCUT2D eigenvalue weighted by molar-refractivity contribution is 6.34. The molecule has 2 nitrogen and oxygen atoms in total. The lowest BCUT2D eigenvalue weighted by Gasteiger charge is -2.09. The van der Waals surface area contributed by atoms with E-state index in [1.807, 2.05) is 0 Å². The predicted molar refractivity (Wildman–Crippen MR) is 159 cm³/mol.